The van der Waals surface area contributed by atoms with Crippen LogP contribution in [-0.4, -0.2) is 13.6 Å². The van der Waals surface area contributed by atoms with Crippen molar-refractivity contribution < 1.29 is 0 Å². The summed E-state index contributed by atoms with van der Waals surface area (Å²) in [6.45, 7) is 3.61. The van der Waals surface area contributed by atoms with Crippen LogP contribution in [0.3, 0.4) is 0 Å². The molecule has 2 rings (SSSR count). The Bertz CT molecular complexity index is 168. The SMILES string of the molecule is CCC1CCC2(CC1)CC2CNC. The molecule has 13 heavy (non-hydrogen) atoms. The van der Waals surface area contributed by atoms with Gasteiger partial charge in [0.25, 0.3) is 0 Å². The van der Waals surface area contributed by atoms with Gasteiger partial charge in [-0.3, -0.25) is 0 Å². The predicted molar refractivity (Wildman–Crippen MR) is 56.7 cm³/mol. The van der Waals surface area contributed by atoms with Crippen molar-refractivity contribution in [1.29, 1.82) is 0 Å². The summed E-state index contributed by atoms with van der Waals surface area (Å²) in [5.74, 6) is 2.08. The molecule has 0 amide bonds. The van der Waals surface area contributed by atoms with Crippen LogP contribution in [0.4, 0.5) is 0 Å². The highest BCUT2D eigenvalue weighted by atomic mass is 14.8. The van der Waals surface area contributed by atoms with Crippen molar-refractivity contribution in [3.63, 3.8) is 0 Å². The molecule has 0 heterocycles. The molecule has 2 aliphatic rings. The van der Waals surface area contributed by atoms with Crippen molar-refractivity contribution in [3.05, 3.63) is 0 Å². The minimum absolute atomic E-state index is 0.814. The van der Waals surface area contributed by atoms with E-state index in [9.17, 15) is 0 Å². The molecule has 1 heteroatoms. The van der Waals surface area contributed by atoms with Gasteiger partial charge in [0.15, 0.2) is 0 Å². The zero-order valence-electron chi connectivity index (χ0n) is 9.10. The van der Waals surface area contributed by atoms with Crippen LogP contribution in [0.25, 0.3) is 0 Å². The Morgan fingerprint density at radius 3 is 2.54 bits per heavy atom. The quantitative estimate of drug-likeness (QED) is 0.706. The van der Waals surface area contributed by atoms with E-state index in [1.165, 1.54) is 45.1 Å². The van der Waals surface area contributed by atoms with E-state index in [4.69, 9.17) is 0 Å². The normalized spacial score (nSPS) is 43.8. The molecule has 1 atom stereocenters. The summed E-state index contributed by atoms with van der Waals surface area (Å²) in [6.07, 6.45) is 9.00. The molecule has 0 aliphatic heterocycles. The topological polar surface area (TPSA) is 12.0 Å². The Kier molecular flexibility index (Phi) is 2.64. The van der Waals surface area contributed by atoms with Crippen LogP contribution in [-0.2, 0) is 0 Å². The van der Waals surface area contributed by atoms with Gasteiger partial charge < -0.3 is 5.32 Å². The Labute approximate surface area is 82.3 Å². The summed E-state index contributed by atoms with van der Waals surface area (Å²) in [5.41, 5.74) is 0.814. The van der Waals surface area contributed by atoms with Gasteiger partial charge in [0, 0.05) is 0 Å². The van der Waals surface area contributed by atoms with Gasteiger partial charge in [-0.25, -0.2) is 0 Å². The van der Waals surface area contributed by atoms with Gasteiger partial charge in [0.1, 0.15) is 0 Å². The van der Waals surface area contributed by atoms with E-state index in [1.54, 1.807) is 0 Å². The van der Waals surface area contributed by atoms with Crippen molar-refractivity contribution in [1.82, 2.24) is 5.32 Å². The lowest BCUT2D eigenvalue weighted by Gasteiger charge is -2.28. The third-order valence-electron chi connectivity index (χ3n) is 4.49. The van der Waals surface area contributed by atoms with Crippen LogP contribution in [0.1, 0.15) is 45.4 Å². The van der Waals surface area contributed by atoms with E-state index in [0.717, 1.165) is 17.3 Å². The Hall–Kier alpha value is -0.0400. The molecule has 0 saturated heterocycles. The van der Waals surface area contributed by atoms with E-state index in [2.05, 4.69) is 19.3 Å². The van der Waals surface area contributed by atoms with Crippen LogP contribution < -0.4 is 5.32 Å². The van der Waals surface area contributed by atoms with E-state index in [1.807, 2.05) is 0 Å². The summed E-state index contributed by atoms with van der Waals surface area (Å²) in [5, 5.41) is 3.33. The summed E-state index contributed by atoms with van der Waals surface area (Å²) < 4.78 is 0. The summed E-state index contributed by atoms with van der Waals surface area (Å²) in [7, 11) is 2.09. The van der Waals surface area contributed by atoms with Crippen LogP contribution in [0, 0.1) is 17.3 Å². The average Bonchev–Trinajstić information content (AvgIpc) is 2.81. The zero-order valence-corrected chi connectivity index (χ0v) is 9.10. The highest BCUT2D eigenvalue weighted by molar-refractivity contribution is 5.04. The maximum Gasteiger partial charge on any atom is -0.00180 e. The Balaban J connectivity index is 1.79. The first-order valence-corrected chi connectivity index (χ1v) is 5.95. The lowest BCUT2D eigenvalue weighted by molar-refractivity contribution is 0.234. The van der Waals surface area contributed by atoms with Gasteiger partial charge in [-0.2, -0.15) is 0 Å². The van der Waals surface area contributed by atoms with E-state index in [-0.39, 0.29) is 0 Å². The number of rotatable bonds is 3. The molecule has 0 bridgehead atoms. The molecule has 0 aromatic carbocycles. The van der Waals surface area contributed by atoms with Crippen LogP contribution in [0.5, 0.6) is 0 Å². The second kappa shape index (κ2) is 3.61. The highest BCUT2D eigenvalue weighted by Gasteiger charge is 2.53. The second-order valence-electron chi connectivity index (χ2n) is 5.17. The van der Waals surface area contributed by atoms with E-state index < -0.39 is 0 Å². The lowest BCUT2D eigenvalue weighted by atomic mass is 9.77. The number of hydrogen-bond donors (Lipinski definition) is 1. The molecule has 76 valence electrons. The average molecular weight is 181 g/mol. The molecular weight excluding hydrogens is 158 g/mol. The molecule has 2 aliphatic carbocycles. The molecule has 2 saturated carbocycles. The molecule has 1 spiro atoms. The maximum atomic E-state index is 3.33. The molecule has 1 nitrogen and oxygen atoms in total. The van der Waals surface area contributed by atoms with E-state index in [0.29, 0.717) is 0 Å². The third kappa shape index (κ3) is 1.76. The molecular formula is C12H23N. The predicted octanol–water partition coefficient (Wildman–Crippen LogP) is 2.81. The molecule has 0 aromatic heterocycles. The first-order valence-electron chi connectivity index (χ1n) is 5.95. The molecule has 0 aromatic rings. The Morgan fingerprint density at radius 2 is 2.00 bits per heavy atom. The highest BCUT2D eigenvalue weighted by Crippen LogP contribution is 2.61. The van der Waals surface area contributed by atoms with Crippen LogP contribution in [0.15, 0.2) is 0 Å². The van der Waals surface area contributed by atoms with Crippen LogP contribution in [0.2, 0.25) is 0 Å². The van der Waals surface area contributed by atoms with Crippen molar-refractivity contribution in [2.24, 2.45) is 17.3 Å². The first-order chi connectivity index (χ1) is 6.30. The van der Waals surface area contributed by atoms with Crippen LogP contribution >= 0.6 is 0 Å². The smallest absolute Gasteiger partial charge is 0.00180 e. The fourth-order valence-corrected chi connectivity index (χ4v) is 3.24. The summed E-state index contributed by atoms with van der Waals surface area (Å²) in [4.78, 5) is 0. The zero-order chi connectivity index (χ0) is 9.31. The van der Waals surface area contributed by atoms with Gasteiger partial charge in [-0.15, -0.1) is 0 Å². The van der Waals surface area contributed by atoms with Gasteiger partial charge in [-0.05, 0) is 62.9 Å². The maximum absolute atomic E-state index is 3.33. The minimum atomic E-state index is 0.814. The van der Waals surface area contributed by atoms with Gasteiger partial charge in [0.05, 0.1) is 0 Å². The lowest BCUT2D eigenvalue weighted by Crippen LogP contribution is -2.20. The van der Waals surface area contributed by atoms with Crippen molar-refractivity contribution in [2.75, 3.05) is 13.6 Å². The third-order valence-corrected chi connectivity index (χ3v) is 4.49. The molecule has 2 fully saturated rings. The van der Waals surface area contributed by atoms with E-state index >= 15 is 0 Å². The second-order valence-corrected chi connectivity index (χ2v) is 5.17. The van der Waals surface area contributed by atoms with Crippen molar-refractivity contribution >= 4 is 0 Å². The minimum Gasteiger partial charge on any atom is -0.319 e. The number of hydrogen-bond acceptors (Lipinski definition) is 1. The van der Waals surface area contributed by atoms with Gasteiger partial charge >= 0.3 is 0 Å². The molecule has 1 N–H and O–H groups in total. The fourth-order valence-electron chi connectivity index (χ4n) is 3.24. The first kappa shape index (κ1) is 9.51. The summed E-state index contributed by atoms with van der Waals surface area (Å²) >= 11 is 0. The van der Waals surface area contributed by atoms with Crippen molar-refractivity contribution in [2.45, 2.75) is 45.4 Å². The summed E-state index contributed by atoms with van der Waals surface area (Å²) in [6, 6.07) is 0. The van der Waals surface area contributed by atoms with Crippen molar-refractivity contribution in [3.8, 4) is 0 Å². The van der Waals surface area contributed by atoms with Gasteiger partial charge in [0.2, 0.25) is 0 Å². The molecule has 1 unspecified atom stereocenters. The molecule has 0 radical (unpaired) electrons. The number of nitrogens with one attached hydrogen (secondary N) is 1. The Morgan fingerprint density at radius 1 is 1.31 bits per heavy atom. The monoisotopic (exact) mass is 181 g/mol. The fraction of sp³-hybridized carbons (Fsp3) is 1.00. The van der Waals surface area contributed by atoms with Gasteiger partial charge in [-0.1, -0.05) is 13.3 Å². The largest absolute Gasteiger partial charge is 0.319 e. The standard InChI is InChI=1S/C12H23N/c1-3-10-4-6-12(7-5-10)8-11(12)9-13-2/h10-11,13H,3-9H2,1-2H3.